The van der Waals surface area contributed by atoms with Crippen molar-refractivity contribution in [3.8, 4) is 5.75 Å². The van der Waals surface area contributed by atoms with Crippen molar-refractivity contribution in [3.05, 3.63) is 47.4 Å². The number of furan rings is 1. The van der Waals surface area contributed by atoms with E-state index in [2.05, 4.69) is 15.8 Å². The summed E-state index contributed by atoms with van der Waals surface area (Å²) in [7, 11) is 1.60. The van der Waals surface area contributed by atoms with E-state index in [1.807, 2.05) is 31.2 Å². The molecule has 0 unspecified atom stereocenters. The van der Waals surface area contributed by atoms with Crippen LogP contribution in [0, 0.1) is 6.92 Å². The lowest BCUT2D eigenvalue weighted by molar-refractivity contribution is -0.305. The Bertz CT molecular complexity index is 830. The minimum Gasteiger partial charge on any atom is -0.550 e. The normalized spacial score (nSPS) is 11.1. The number of anilines is 1. The average Bonchev–Trinajstić information content (AvgIpc) is 2.99. The Labute approximate surface area is 157 Å². The molecule has 0 atom stereocenters. The largest absolute Gasteiger partial charge is 0.550 e. The fourth-order valence-corrected chi connectivity index (χ4v) is 2.47. The zero-order chi connectivity index (χ0) is 19.1. The number of nitrogens with one attached hydrogen (secondary N) is 2. The molecule has 26 heavy (non-hydrogen) atoms. The van der Waals surface area contributed by atoms with Crippen molar-refractivity contribution in [2.45, 2.75) is 26.7 Å². The van der Waals surface area contributed by atoms with Crippen LogP contribution in [-0.2, 0) is 11.2 Å². The molecule has 7 nitrogen and oxygen atoms in total. The van der Waals surface area contributed by atoms with Crippen molar-refractivity contribution in [2.24, 2.45) is 5.10 Å². The van der Waals surface area contributed by atoms with E-state index in [0.717, 1.165) is 17.0 Å². The predicted octanol–water partition coefficient (Wildman–Crippen LogP) is 1.99. The van der Waals surface area contributed by atoms with Gasteiger partial charge in [-0.15, -0.1) is 0 Å². The highest BCUT2D eigenvalue weighted by molar-refractivity contribution is 7.80. The average molecular weight is 374 g/mol. The Morgan fingerprint density at radius 3 is 2.85 bits per heavy atom. The van der Waals surface area contributed by atoms with Gasteiger partial charge in [-0.2, -0.15) is 5.10 Å². The summed E-state index contributed by atoms with van der Waals surface area (Å²) in [4.78, 5) is 10.6. The van der Waals surface area contributed by atoms with Crippen LogP contribution in [0.1, 0.15) is 30.4 Å². The molecular formula is C18H20N3O4S-. The second-order valence-corrected chi connectivity index (χ2v) is 5.96. The number of hydrogen-bond acceptors (Lipinski definition) is 6. The highest BCUT2D eigenvalue weighted by atomic mass is 32.1. The third kappa shape index (κ3) is 5.59. The molecule has 2 N–H and O–H groups in total. The number of aliphatic carboxylic acids is 1. The van der Waals surface area contributed by atoms with Crippen molar-refractivity contribution >= 4 is 34.7 Å². The minimum absolute atomic E-state index is 0.0879. The zero-order valence-electron chi connectivity index (χ0n) is 14.8. The molecule has 1 aromatic heterocycles. The van der Waals surface area contributed by atoms with Crippen LogP contribution in [0.4, 0.5) is 5.69 Å². The summed E-state index contributed by atoms with van der Waals surface area (Å²) in [5, 5.41) is 18.1. The maximum atomic E-state index is 10.6. The Kier molecular flexibility index (Phi) is 6.74. The lowest BCUT2D eigenvalue weighted by Crippen LogP contribution is -2.25. The summed E-state index contributed by atoms with van der Waals surface area (Å²) in [6, 6.07) is 9.13. The van der Waals surface area contributed by atoms with Crippen molar-refractivity contribution in [1.29, 1.82) is 0 Å². The molecule has 2 aromatic rings. The van der Waals surface area contributed by atoms with Gasteiger partial charge in [0.15, 0.2) is 5.11 Å². The second kappa shape index (κ2) is 9.00. The van der Waals surface area contributed by atoms with E-state index in [1.54, 1.807) is 20.1 Å². The van der Waals surface area contributed by atoms with Gasteiger partial charge in [-0.25, -0.2) is 0 Å². The summed E-state index contributed by atoms with van der Waals surface area (Å²) in [5.74, 6) is 0.846. The topological polar surface area (TPSA) is 98.9 Å². The number of nitrogens with zero attached hydrogens (tertiary/aromatic N) is 1. The van der Waals surface area contributed by atoms with Gasteiger partial charge < -0.3 is 24.4 Å². The summed E-state index contributed by atoms with van der Waals surface area (Å²) in [6.45, 7) is 3.60. The van der Waals surface area contributed by atoms with Gasteiger partial charge in [-0.1, -0.05) is 6.07 Å². The Morgan fingerprint density at radius 2 is 2.15 bits per heavy atom. The summed E-state index contributed by atoms with van der Waals surface area (Å²) < 4.78 is 10.7. The molecule has 1 heterocycles. The van der Waals surface area contributed by atoms with Crippen LogP contribution >= 0.6 is 12.2 Å². The molecule has 8 heteroatoms. The molecule has 2 rings (SSSR count). The quantitative estimate of drug-likeness (QED) is 0.434. The number of thiocarbonyl (C=S) groups is 1. The monoisotopic (exact) mass is 374 g/mol. The van der Waals surface area contributed by atoms with Crippen LogP contribution in [0.2, 0.25) is 0 Å². The van der Waals surface area contributed by atoms with Crippen LogP contribution in [-0.4, -0.2) is 23.9 Å². The van der Waals surface area contributed by atoms with Gasteiger partial charge in [0.25, 0.3) is 0 Å². The molecule has 138 valence electrons. The number of carbonyl (C=O) groups is 1. The lowest BCUT2D eigenvalue weighted by Gasteiger charge is -2.09. The smallest absolute Gasteiger partial charge is 0.191 e. The maximum Gasteiger partial charge on any atom is 0.191 e. The van der Waals surface area contributed by atoms with Gasteiger partial charge in [-0.05, 0) is 50.7 Å². The standard InChI is InChI=1S/C18H21N3O4S/c1-11(16-10-15(25-12(16)2)7-8-17(22)23)20-21-18(26)19-13-5-4-6-14(9-13)24-3/h4-6,9-10H,7-8H2,1-3H3,(H,22,23)(H2,19,21,26)/p-1/b20-11-. The van der Waals surface area contributed by atoms with E-state index in [4.69, 9.17) is 21.4 Å². The fraction of sp³-hybridized carbons (Fsp3) is 0.278. The fourth-order valence-electron chi connectivity index (χ4n) is 2.31. The van der Waals surface area contributed by atoms with Gasteiger partial charge in [-0.3, -0.25) is 5.43 Å². The van der Waals surface area contributed by atoms with E-state index >= 15 is 0 Å². The molecule has 1 aromatic carbocycles. The number of hydrazone groups is 1. The maximum absolute atomic E-state index is 10.6. The van der Waals surface area contributed by atoms with Gasteiger partial charge in [0, 0.05) is 29.7 Å². The number of aryl methyl sites for hydroxylation is 2. The number of hydrogen-bond donors (Lipinski definition) is 2. The minimum atomic E-state index is -1.11. The summed E-state index contributed by atoms with van der Waals surface area (Å²) in [6.07, 6.45) is 0.190. The van der Waals surface area contributed by atoms with Crippen molar-refractivity contribution in [2.75, 3.05) is 12.4 Å². The van der Waals surface area contributed by atoms with Gasteiger partial charge >= 0.3 is 0 Å². The molecular weight excluding hydrogens is 354 g/mol. The second-order valence-electron chi connectivity index (χ2n) is 5.55. The molecule has 0 saturated heterocycles. The highest BCUT2D eigenvalue weighted by Gasteiger charge is 2.10. The first-order valence-corrected chi connectivity index (χ1v) is 8.34. The molecule has 0 bridgehead atoms. The number of carboxylic acid groups (broad SMARTS) is 1. The first-order valence-electron chi connectivity index (χ1n) is 7.94. The van der Waals surface area contributed by atoms with E-state index in [1.165, 1.54) is 0 Å². The van der Waals surface area contributed by atoms with E-state index in [9.17, 15) is 9.90 Å². The van der Waals surface area contributed by atoms with E-state index < -0.39 is 5.97 Å². The van der Waals surface area contributed by atoms with Gasteiger partial charge in [0.05, 0.1) is 12.8 Å². The van der Waals surface area contributed by atoms with Crippen LogP contribution in [0.5, 0.6) is 5.75 Å². The Hall–Kier alpha value is -2.87. The molecule has 0 amide bonds. The third-order valence-electron chi connectivity index (χ3n) is 3.59. The number of carbonyl (C=O) groups excluding carboxylic acids is 1. The Morgan fingerprint density at radius 1 is 1.38 bits per heavy atom. The van der Waals surface area contributed by atoms with Crippen LogP contribution in [0.3, 0.4) is 0 Å². The number of benzene rings is 1. The van der Waals surface area contributed by atoms with E-state index in [0.29, 0.717) is 22.3 Å². The van der Waals surface area contributed by atoms with Crippen molar-refractivity contribution in [1.82, 2.24) is 5.43 Å². The molecule has 0 aliphatic carbocycles. The number of rotatable bonds is 7. The summed E-state index contributed by atoms with van der Waals surface area (Å²) >= 11 is 5.23. The molecule has 0 aliphatic rings. The van der Waals surface area contributed by atoms with Crippen LogP contribution in [0.15, 0.2) is 39.9 Å². The number of carboxylic acids is 1. The highest BCUT2D eigenvalue weighted by Crippen LogP contribution is 2.18. The van der Waals surface area contributed by atoms with E-state index in [-0.39, 0.29) is 12.8 Å². The predicted molar refractivity (Wildman–Crippen MR) is 101 cm³/mol. The number of methoxy groups -OCH3 is 1. The van der Waals surface area contributed by atoms with Gasteiger partial charge in [0.1, 0.15) is 17.3 Å². The molecule has 0 spiro atoms. The van der Waals surface area contributed by atoms with Crippen LogP contribution < -0.4 is 20.6 Å². The number of ether oxygens (including phenoxy) is 1. The lowest BCUT2D eigenvalue weighted by atomic mass is 10.1. The molecule has 0 saturated carbocycles. The molecule has 0 radical (unpaired) electrons. The molecule has 0 fully saturated rings. The van der Waals surface area contributed by atoms with Gasteiger partial charge in [0.2, 0.25) is 0 Å². The SMILES string of the molecule is COc1cccc(NC(=S)N/N=C(/C)c2cc(CCC(=O)[O-])oc2C)c1. The first kappa shape index (κ1) is 19.5. The molecule has 0 aliphatic heterocycles. The Balaban J connectivity index is 1.98. The first-order chi connectivity index (χ1) is 12.4. The van der Waals surface area contributed by atoms with Crippen molar-refractivity contribution in [3.63, 3.8) is 0 Å². The zero-order valence-corrected chi connectivity index (χ0v) is 15.6. The summed E-state index contributed by atoms with van der Waals surface area (Å²) in [5.41, 5.74) is 5.01. The van der Waals surface area contributed by atoms with Crippen molar-refractivity contribution < 1.29 is 19.1 Å². The third-order valence-corrected chi connectivity index (χ3v) is 3.78. The van der Waals surface area contributed by atoms with Crippen LogP contribution in [0.25, 0.3) is 0 Å².